The van der Waals surface area contributed by atoms with Crippen LogP contribution < -0.4 is 0 Å². The highest BCUT2D eigenvalue weighted by Crippen LogP contribution is 2.26. The molecule has 2 aromatic rings. The molecule has 122 valence electrons. The van der Waals surface area contributed by atoms with Gasteiger partial charge in [0.2, 0.25) is 0 Å². The fourth-order valence-electron chi connectivity index (χ4n) is 2.93. The average molecular weight is 310 g/mol. The van der Waals surface area contributed by atoms with E-state index in [1.54, 1.807) is 6.07 Å². The van der Waals surface area contributed by atoms with Crippen molar-refractivity contribution in [1.82, 2.24) is 0 Å². The van der Waals surface area contributed by atoms with Gasteiger partial charge in [-0.3, -0.25) is 0 Å². The molecule has 2 heteroatoms. The van der Waals surface area contributed by atoms with Crippen molar-refractivity contribution in [3.63, 3.8) is 0 Å². The summed E-state index contributed by atoms with van der Waals surface area (Å²) in [4.78, 5) is 11.2. The molecule has 0 radical (unpaired) electrons. The largest absolute Gasteiger partial charge is 0.478 e. The summed E-state index contributed by atoms with van der Waals surface area (Å²) >= 11 is 0. The Morgan fingerprint density at radius 3 is 2.30 bits per heavy atom. The minimum absolute atomic E-state index is 0.380. The molecule has 0 aliphatic rings. The summed E-state index contributed by atoms with van der Waals surface area (Å²) in [6, 6.07) is 15.7. The molecular weight excluding hydrogens is 284 g/mol. The van der Waals surface area contributed by atoms with E-state index in [-0.39, 0.29) is 0 Å². The summed E-state index contributed by atoms with van der Waals surface area (Å²) in [5.41, 5.74) is 3.84. The summed E-state index contributed by atoms with van der Waals surface area (Å²) in [7, 11) is 0. The second-order valence-corrected chi connectivity index (χ2v) is 6.06. The number of benzene rings is 2. The summed E-state index contributed by atoms with van der Waals surface area (Å²) in [5, 5.41) is 9.24. The fourth-order valence-corrected chi connectivity index (χ4v) is 2.93. The maximum absolute atomic E-state index is 11.2. The molecule has 2 aromatic carbocycles. The van der Waals surface area contributed by atoms with Gasteiger partial charge in [-0.2, -0.15) is 0 Å². The van der Waals surface area contributed by atoms with E-state index in [1.165, 1.54) is 32.1 Å². The molecule has 0 spiro atoms. The first-order valence-electron chi connectivity index (χ1n) is 8.64. The van der Waals surface area contributed by atoms with Crippen molar-refractivity contribution in [1.29, 1.82) is 0 Å². The Morgan fingerprint density at radius 2 is 1.61 bits per heavy atom. The lowest BCUT2D eigenvalue weighted by Gasteiger charge is -2.11. The number of carboxylic acids is 1. The van der Waals surface area contributed by atoms with Gasteiger partial charge in [0.25, 0.3) is 0 Å². The minimum Gasteiger partial charge on any atom is -0.478 e. The highest BCUT2D eigenvalue weighted by molar-refractivity contribution is 5.89. The minimum atomic E-state index is -0.853. The smallest absolute Gasteiger partial charge is 0.335 e. The highest BCUT2D eigenvalue weighted by Gasteiger charge is 2.10. The molecule has 0 atom stereocenters. The molecule has 0 bridgehead atoms. The third-order valence-corrected chi connectivity index (χ3v) is 4.24. The number of aryl methyl sites for hydroxylation is 1. The van der Waals surface area contributed by atoms with Crippen LogP contribution in [0.1, 0.15) is 61.4 Å². The van der Waals surface area contributed by atoms with Gasteiger partial charge in [-0.1, -0.05) is 75.4 Å². The van der Waals surface area contributed by atoms with Crippen LogP contribution in [-0.4, -0.2) is 11.1 Å². The first-order chi connectivity index (χ1) is 11.2. The second-order valence-electron chi connectivity index (χ2n) is 6.06. The summed E-state index contributed by atoms with van der Waals surface area (Å²) in [6.07, 6.45) is 8.42. The number of hydrogen-bond donors (Lipinski definition) is 1. The van der Waals surface area contributed by atoms with Crippen LogP contribution in [0.15, 0.2) is 48.5 Å². The normalized spacial score (nSPS) is 10.7. The molecule has 2 nitrogen and oxygen atoms in total. The Labute approximate surface area is 139 Å². The van der Waals surface area contributed by atoms with Crippen LogP contribution in [0.4, 0.5) is 0 Å². The second kappa shape index (κ2) is 9.14. The van der Waals surface area contributed by atoms with Gasteiger partial charge in [0, 0.05) is 0 Å². The third kappa shape index (κ3) is 5.24. The van der Waals surface area contributed by atoms with Crippen LogP contribution in [-0.2, 0) is 6.42 Å². The highest BCUT2D eigenvalue weighted by atomic mass is 16.4. The van der Waals surface area contributed by atoms with Gasteiger partial charge < -0.3 is 5.11 Å². The molecule has 23 heavy (non-hydrogen) atoms. The van der Waals surface area contributed by atoms with E-state index in [2.05, 4.69) is 19.1 Å². The summed E-state index contributed by atoms with van der Waals surface area (Å²) in [5.74, 6) is -0.853. The fraction of sp³-hybridized carbons (Fsp3) is 0.381. The molecule has 0 aliphatic carbocycles. The van der Waals surface area contributed by atoms with Crippen molar-refractivity contribution in [3.05, 3.63) is 59.7 Å². The van der Waals surface area contributed by atoms with E-state index in [0.29, 0.717) is 5.56 Å². The molecule has 0 aliphatic heterocycles. The van der Waals surface area contributed by atoms with Crippen molar-refractivity contribution in [2.24, 2.45) is 0 Å². The monoisotopic (exact) mass is 310 g/mol. The molecule has 0 aromatic heterocycles. The summed E-state index contributed by atoms with van der Waals surface area (Å²) < 4.78 is 0. The molecule has 1 N–H and O–H groups in total. The predicted molar refractivity (Wildman–Crippen MR) is 95.9 cm³/mol. The van der Waals surface area contributed by atoms with E-state index in [0.717, 1.165) is 29.5 Å². The standard InChI is InChI=1S/C21H26O2/c1-2-3-4-5-6-8-13-18-16-19(21(22)23)14-15-20(18)17-11-9-7-10-12-17/h7,9-12,14-16H,2-6,8,13H2,1H3,(H,22,23). The Bertz CT molecular complexity index is 617. The zero-order chi connectivity index (χ0) is 16.5. The lowest BCUT2D eigenvalue weighted by atomic mass is 9.94. The molecule has 0 fully saturated rings. The van der Waals surface area contributed by atoms with Gasteiger partial charge in [0.1, 0.15) is 0 Å². The first kappa shape index (κ1) is 17.3. The van der Waals surface area contributed by atoms with E-state index in [4.69, 9.17) is 0 Å². The number of aromatic carboxylic acids is 1. The van der Waals surface area contributed by atoms with Crippen LogP contribution in [0.5, 0.6) is 0 Å². The van der Waals surface area contributed by atoms with Gasteiger partial charge in [0.15, 0.2) is 0 Å². The van der Waals surface area contributed by atoms with Crippen LogP contribution in [0.25, 0.3) is 11.1 Å². The molecule has 2 rings (SSSR count). The maximum Gasteiger partial charge on any atom is 0.335 e. The number of unbranched alkanes of at least 4 members (excludes halogenated alkanes) is 5. The lowest BCUT2D eigenvalue weighted by molar-refractivity contribution is 0.0697. The molecule has 0 unspecified atom stereocenters. The van der Waals surface area contributed by atoms with Crippen LogP contribution in [0.3, 0.4) is 0 Å². The van der Waals surface area contributed by atoms with Gasteiger partial charge in [-0.05, 0) is 41.7 Å². The van der Waals surface area contributed by atoms with E-state index in [1.807, 2.05) is 30.3 Å². The molecular formula is C21H26O2. The number of carbonyl (C=O) groups is 1. The maximum atomic E-state index is 11.2. The van der Waals surface area contributed by atoms with E-state index >= 15 is 0 Å². The van der Waals surface area contributed by atoms with Crippen molar-refractivity contribution >= 4 is 5.97 Å². The third-order valence-electron chi connectivity index (χ3n) is 4.24. The SMILES string of the molecule is CCCCCCCCc1cc(C(=O)O)ccc1-c1ccccc1. The number of carboxylic acid groups (broad SMARTS) is 1. The van der Waals surface area contributed by atoms with Crippen LogP contribution in [0, 0.1) is 0 Å². The quantitative estimate of drug-likeness (QED) is 0.581. The zero-order valence-electron chi connectivity index (χ0n) is 13.9. The predicted octanol–water partition coefficient (Wildman–Crippen LogP) is 5.95. The molecule has 0 amide bonds. The Hall–Kier alpha value is -2.09. The summed E-state index contributed by atoms with van der Waals surface area (Å²) in [6.45, 7) is 2.23. The zero-order valence-corrected chi connectivity index (χ0v) is 13.9. The van der Waals surface area contributed by atoms with Crippen LogP contribution in [0.2, 0.25) is 0 Å². The van der Waals surface area contributed by atoms with Crippen LogP contribution >= 0.6 is 0 Å². The number of rotatable bonds is 9. The van der Waals surface area contributed by atoms with Crippen molar-refractivity contribution in [3.8, 4) is 11.1 Å². The van der Waals surface area contributed by atoms with E-state index < -0.39 is 5.97 Å². The van der Waals surface area contributed by atoms with Gasteiger partial charge in [0.05, 0.1) is 5.56 Å². The van der Waals surface area contributed by atoms with Crippen molar-refractivity contribution in [2.75, 3.05) is 0 Å². The first-order valence-corrected chi connectivity index (χ1v) is 8.64. The Kier molecular flexibility index (Phi) is 6.86. The van der Waals surface area contributed by atoms with E-state index in [9.17, 15) is 9.90 Å². The topological polar surface area (TPSA) is 37.3 Å². The van der Waals surface area contributed by atoms with Gasteiger partial charge >= 0.3 is 5.97 Å². The molecule has 0 heterocycles. The van der Waals surface area contributed by atoms with Crippen molar-refractivity contribution in [2.45, 2.75) is 51.9 Å². The molecule has 0 saturated carbocycles. The lowest BCUT2D eigenvalue weighted by Crippen LogP contribution is -1.99. The Balaban J connectivity index is 2.11. The average Bonchev–Trinajstić information content (AvgIpc) is 2.58. The van der Waals surface area contributed by atoms with Gasteiger partial charge in [-0.25, -0.2) is 4.79 Å². The molecule has 0 saturated heterocycles. The van der Waals surface area contributed by atoms with Gasteiger partial charge in [-0.15, -0.1) is 0 Å². The van der Waals surface area contributed by atoms with Crippen molar-refractivity contribution < 1.29 is 9.90 Å². The number of hydrogen-bond acceptors (Lipinski definition) is 1. The Morgan fingerprint density at radius 1 is 0.913 bits per heavy atom.